The Kier molecular flexibility index (Phi) is 4.40. The van der Waals surface area contributed by atoms with Gasteiger partial charge >= 0.3 is 5.97 Å². The summed E-state index contributed by atoms with van der Waals surface area (Å²) in [7, 11) is 0. The number of esters is 1. The standard InChI is InChI=1S/C17H23BrN2O3/c1-8(2)23-17(22)16(21)13-9(3)19-10(4)14(18)15(13)20-6-11-5-12(11)7-20/h8,11-12,16,21H,5-7H2,1-4H3. The van der Waals surface area contributed by atoms with Gasteiger partial charge in [0.05, 0.1) is 22.0 Å². The Balaban J connectivity index is 2.00. The summed E-state index contributed by atoms with van der Waals surface area (Å²) in [5, 5.41) is 10.6. The largest absolute Gasteiger partial charge is 0.461 e. The lowest BCUT2D eigenvalue weighted by molar-refractivity contribution is -0.157. The Hall–Kier alpha value is -1.14. The fourth-order valence-corrected chi connectivity index (χ4v) is 4.01. The zero-order valence-electron chi connectivity index (χ0n) is 14.0. The van der Waals surface area contributed by atoms with Crippen molar-refractivity contribution in [2.24, 2.45) is 11.8 Å². The zero-order chi connectivity index (χ0) is 16.9. The lowest BCUT2D eigenvalue weighted by Crippen LogP contribution is -2.28. The van der Waals surface area contributed by atoms with Gasteiger partial charge in [-0.2, -0.15) is 0 Å². The molecule has 1 saturated carbocycles. The molecule has 2 aliphatic rings. The van der Waals surface area contributed by atoms with Crippen LogP contribution in [0.2, 0.25) is 0 Å². The minimum absolute atomic E-state index is 0.262. The number of aromatic nitrogens is 1. The number of piperidine rings is 1. The normalized spacial score (nSPS) is 23.9. The van der Waals surface area contributed by atoms with Crippen LogP contribution in [0, 0.1) is 25.7 Å². The first kappa shape index (κ1) is 16.7. The van der Waals surface area contributed by atoms with Gasteiger partial charge in [0.2, 0.25) is 0 Å². The third-order valence-electron chi connectivity index (χ3n) is 4.65. The molecule has 0 aromatic carbocycles. The number of pyridine rings is 1. The van der Waals surface area contributed by atoms with Crippen molar-refractivity contribution in [2.45, 2.75) is 46.3 Å². The van der Waals surface area contributed by atoms with Gasteiger partial charge in [-0.3, -0.25) is 4.98 Å². The molecule has 5 nitrogen and oxygen atoms in total. The van der Waals surface area contributed by atoms with E-state index in [1.54, 1.807) is 13.8 Å². The number of hydrogen-bond acceptors (Lipinski definition) is 5. The Labute approximate surface area is 145 Å². The van der Waals surface area contributed by atoms with Crippen LogP contribution in [0.3, 0.4) is 0 Å². The lowest BCUT2D eigenvalue weighted by atomic mass is 10.0. The highest BCUT2D eigenvalue weighted by molar-refractivity contribution is 9.10. The minimum atomic E-state index is -1.31. The molecule has 1 saturated heterocycles. The molecule has 0 bridgehead atoms. The highest BCUT2D eigenvalue weighted by Gasteiger charge is 2.46. The predicted octanol–water partition coefficient (Wildman–Crippen LogP) is 2.90. The van der Waals surface area contributed by atoms with Gasteiger partial charge in [-0.1, -0.05) is 0 Å². The molecule has 0 radical (unpaired) electrons. The summed E-state index contributed by atoms with van der Waals surface area (Å²) in [4.78, 5) is 19.0. The average Bonchev–Trinajstić information content (AvgIpc) is 3.07. The Morgan fingerprint density at radius 3 is 2.48 bits per heavy atom. The van der Waals surface area contributed by atoms with E-state index in [9.17, 15) is 9.90 Å². The summed E-state index contributed by atoms with van der Waals surface area (Å²) < 4.78 is 6.05. The first-order valence-corrected chi connectivity index (χ1v) is 8.89. The van der Waals surface area contributed by atoms with Crippen LogP contribution in [-0.2, 0) is 9.53 Å². The first-order valence-electron chi connectivity index (χ1n) is 8.09. The molecule has 0 amide bonds. The van der Waals surface area contributed by atoms with Crippen molar-refractivity contribution in [1.29, 1.82) is 0 Å². The van der Waals surface area contributed by atoms with E-state index in [4.69, 9.17) is 4.74 Å². The molecule has 6 heteroatoms. The summed E-state index contributed by atoms with van der Waals surface area (Å²) in [6, 6.07) is 0. The molecule has 0 spiro atoms. The number of aliphatic hydroxyl groups excluding tert-OH is 1. The van der Waals surface area contributed by atoms with Crippen LogP contribution in [0.15, 0.2) is 4.47 Å². The van der Waals surface area contributed by atoms with Gasteiger partial charge in [-0.15, -0.1) is 0 Å². The average molecular weight is 383 g/mol. The predicted molar refractivity (Wildman–Crippen MR) is 91.4 cm³/mol. The molecule has 1 aliphatic heterocycles. The number of nitrogens with zero attached hydrogens (tertiary/aromatic N) is 2. The number of hydrogen-bond donors (Lipinski definition) is 1. The summed E-state index contributed by atoms with van der Waals surface area (Å²) >= 11 is 3.61. The number of carbonyl (C=O) groups excluding carboxylic acids is 1. The van der Waals surface area contributed by atoms with Crippen molar-refractivity contribution >= 4 is 27.6 Å². The monoisotopic (exact) mass is 382 g/mol. The smallest absolute Gasteiger partial charge is 0.340 e. The Morgan fingerprint density at radius 1 is 1.30 bits per heavy atom. The van der Waals surface area contributed by atoms with E-state index in [0.717, 1.165) is 40.8 Å². The number of ether oxygens (including phenoxy) is 1. The lowest BCUT2D eigenvalue weighted by Gasteiger charge is -2.28. The maximum Gasteiger partial charge on any atom is 0.340 e. The molecular formula is C17H23BrN2O3. The quantitative estimate of drug-likeness (QED) is 0.811. The molecule has 2 heterocycles. The van der Waals surface area contributed by atoms with Crippen LogP contribution < -0.4 is 4.90 Å². The van der Waals surface area contributed by atoms with E-state index >= 15 is 0 Å². The van der Waals surface area contributed by atoms with Gasteiger partial charge in [-0.05, 0) is 61.9 Å². The second-order valence-electron chi connectivity index (χ2n) is 6.91. The van der Waals surface area contributed by atoms with Crippen LogP contribution in [0.1, 0.15) is 43.3 Å². The topological polar surface area (TPSA) is 62.7 Å². The van der Waals surface area contributed by atoms with Gasteiger partial charge < -0.3 is 14.7 Å². The number of rotatable bonds is 4. The summed E-state index contributed by atoms with van der Waals surface area (Å²) in [5.74, 6) is 0.887. The van der Waals surface area contributed by atoms with E-state index in [2.05, 4.69) is 25.8 Å². The zero-order valence-corrected chi connectivity index (χ0v) is 15.6. The molecule has 2 fully saturated rings. The Morgan fingerprint density at radius 2 is 1.91 bits per heavy atom. The summed E-state index contributed by atoms with van der Waals surface area (Å²) in [5.41, 5.74) is 3.01. The number of anilines is 1. The fraction of sp³-hybridized carbons (Fsp3) is 0.647. The first-order chi connectivity index (χ1) is 10.8. The maximum absolute atomic E-state index is 12.2. The molecule has 3 atom stereocenters. The van der Waals surface area contributed by atoms with E-state index < -0.39 is 12.1 Å². The van der Waals surface area contributed by atoms with Crippen LogP contribution in [-0.4, -0.2) is 35.3 Å². The highest BCUT2D eigenvalue weighted by Crippen LogP contribution is 2.49. The maximum atomic E-state index is 12.2. The fourth-order valence-electron chi connectivity index (χ4n) is 3.45. The highest BCUT2D eigenvalue weighted by atomic mass is 79.9. The van der Waals surface area contributed by atoms with Crippen LogP contribution in [0.25, 0.3) is 0 Å². The van der Waals surface area contributed by atoms with Crippen LogP contribution in [0.4, 0.5) is 5.69 Å². The molecule has 126 valence electrons. The molecule has 1 N–H and O–H groups in total. The molecule has 1 aromatic heterocycles. The number of fused-ring (bicyclic) bond motifs is 1. The van der Waals surface area contributed by atoms with Gasteiger partial charge in [0.15, 0.2) is 6.10 Å². The summed E-state index contributed by atoms with van der Waals surface area (Å²) in [6.45, 7) is 9.27. The van der Waals surface area contributed by atoms with Gasteiger partial charge in [-0.25, -0.2) is 4.79 Å². The van der Waals surface area contributed by atoms with Crippen LogP contribution >= 0.6 is 15.9 Å². The van der Waals surface area contributed by atoms with Crippen LogP contribution in [0.5, 0.6) is 0 Å². The molecular weight excluding hydrogens is 360 g/mol. The van der Waals surface area contributed by atoms with Gasteiger partial charge in [0.25, 0.3) is 0 Å². The SMILES string of the molecule is Cc1nc(C)c(C(O)C(=O)OC(C)C)c(N2CC3CC3C2)c1Br. The molecule has 1 aromatic rings. The third kappa shape index (κ3) is 3.11. The second-order valence-corrected chi connectivity index (χ2v) is 7.70. The number of aliphatic hydroxyl groups is 1. The second kappa shape index (κ2) is 6.06. The third-order valence-corrected chi connectivity index (χ3v) is 5.60. The van der Waals surface area contributed by atoms with Crippen molar-refractivity contribution in [3.8, 4) is 0 Å². The summed E-state index contributed by atoms with van der Waals surface area (Å²) in [6.07, 6.45) is -0.277. The molecule has 23 heavy (non-hydrogen) atoms. The number of halogens is 1. The van der Waals surface area contributed by atoms with Crippen molar-refractivity contribution in [1.82, 2.24) is 4.98 Å². The van der Waals surface area contributed by atoms with E-state index in [-0.39, 0.29) is 6.10 Å². The van der Waals surface area contributed by atoms with Crippen molar-refractivity contribution in [2.75, 3.05) is 18.0 Å². The van der Waals surface area contributed by atoms with Gasteiger partial charge in [0, 0.05) is 24.3 Å². The van der Waals surface area contributed by atoms with Gasteiger partial charge in [0.1, 0.15) is 0 Å². The van der Waals surface area contributed by atoms with Crippen molar-refractivity contribution in [3.63, 3.8) is 0 Å². The molecule has 3 rings (SSSR count). The van der Waals surface area contributed by atoms with E-state index in [1.807, 2.05) is 13.8 Å². The molecule has 3 unspecified atom stereocenters. The van der Waals surface area contributed by atoms with Crippen molar-refractivity contribution in [3.05, 3.63) is 21.4 Å². The number of aryl methyl sites for hydroxylation is 2. The van der Waals surface area contributed by atoms with E-state index in [0.29, 0.717) is 11.3 Å². The van der Waals surface area contributed by atoms with Crippen molar-refractivity contribution < 1.29 is 14.6 Å². The number of carbonyl (C=O) groups is 1. The Bertz CT molecular complexity index is 637. The van der Waals surface area contributed by atoms with E-state index in [1.165, 1.54) is 6.42 Å². The molecule has 1 aliphatic carbocycles. The minimum Gasteiger partial charge on any atom is -0.461 e.